The van der Waals surface area contributed by atoms with Gasteiger partial charge in [-0.15, -0.1) is 12.4 Å². The number of hydrogen-bond acceptors (Lipinski definition) is 5. The van der Waals surface area contributed by atoms with Gasteiger partial charge in [-0.1, -0.05) is 18.2 Å². The molecule has 24 heavy (non-hydrogen) atoms. The molecule has 0 aromatic heterocycles. The van der Waals surface area contributed by atoms with Crippen LogP contribution in [0.3, 0.4) is 0 Å². The molecule has 7 heteroatoms. The number of nitrogens with one attached hydrogen (secondary N) is 1. The van der Waals surface area contributed by atoms with Crippen LogP contribution in [0.1, 0.15) is 24.4 Å². The summed E-state index contributed by atoms with van der Waals surface area (Å²) in [4.78, 5) is 27.3. The molecule has 132 valence electrons. The number of rotatable bonds is 5. The predicted molar refractivity (Wildman–Crippen MR) is 93.4 cm³/mol. The van der Waals surface area contributed by atoms with E-state index < -0.39 is 0 Å². The van der Waals surface area contributed by atoms with Crippen molar-refractivity contribution in [1.82, 2.24) is 15.1 Å². The van der Waals surface area contributed by atoms with Gasteiger partial charge in [0.1, 0.15) is 5.75 Å². The van der Waals surface area contributed by atoms with E-state index in [2.05, 4.69) is 16.3 Å². The molecule has 1 atom stereocenters. The van der Waals surface area contributed by atoms with E-state index in [9.17, 15) is 9.59 Å². The number of hydrogen-bond donors (Lipinski definition) is 1. The lowest BCUT2D eigenvalue weighted by atomic mass is 10.0. The number of methoxy groups -OCH3 is 1. The third-order valence-corrected chi connectivity index (χ3v) is 4.62. The number of nitrogens with zero attached hydrogens (tertiary/aromatic N) is 2. The fourth-order valence-electron chi connectivity index (χ4n) is 3.36. The molecule has 3 rings (SSSR count). The summed E-state index contributed by atoms with van der Waals surface area (Å²) in [5.74, 6) is 0.789. The molecule has 1 aromatic rings. The highest BCUT2D eigenvalue weighted by molar-refractivity contribution is 6.01. The van der Waals surface area contributed by atoms with Crippen LogP contribution >= 0.6 is 12.4 Å². The summed E-state index contributed by atoms with van der Waals surface area (Å²) >= 11 is 0. The highest BCUT2D eigenvalue weighted by Gasteiger charge is 2.31. The number of para-hydroxylation sites is 1. The lowest BCUT2D eigenvalue weighted by Crippen LogP contribution is -2.49. The van der Waals surface area contributed by atoms with Crippen LogP contribution in [0, 0.1) is 0 Å². The van der Waals surface area contributed by atoms with E-state index in [1.54, 1.807) is 7.11 Å². The van der Waals surface area contributed by atoms with Crippen LogP contribution in [0.4, 0.5) is 0 Å². The Morgan fingerprint density at radius 1 is 1.17 bits per heavy atom. The molecular weight excluding hydrogens is 330 g/mol. The first kappa shape index (κ1) is 18.7. The lowest BCUT2D eigenvalue weighted by molar-refractivity contribution is -0.138. The molecule has 1 aromatic carbocycles. The van der Waals surface area contributed by atoms with Gasteiger partial charge in [-0.3, -0.25) is 19.4 Å². The Hall–Kier alpha value is -1.63. The maximum absolute atomic E-state index is 11.8. The highest BCUT2D eigenvalue weighted by atomic mass is 35.5. The van der Waals surface area contributed by atoms with E-state index in [-0.39, 0.29) is 30.3 Å². The largest absolute Gasteiger partial charge is 0.496 e. The maximum Gasteiger partial charge on any atom is 0.229 e. The third kappa shape index (κ3) is 3.88. The van der Waals surface area contributed by atoms with Crippen molar-refractivity contribution >= 4 is 24.2 Å². The molecule has 2 fully saturated rings. The van der Waals surface area contributed by atoms with Crippen LogP contribution in [0.2, 0.25) is 0 Å². The average Bonchev–Trinajstić information content (AvgIpc) is 2.91. The third-order valence-electron chi connectivity index (χ3n) is 4.62. The number of imide groups is 1. The molecule has 2 heterocycles. The zero-order chi connectivity index (χ0) is 16.2. The van der Waals surface area contributed by atoms with Gasteiger partial charge in [0.2, 0.25) is 11.8 Å². The molecule has 0 spiro atoms. The zero-order valence-electron chi connectivity index (χ0n) is 13.9. The van der Waals surface area contributed by atoms with E-state index in [1.165, 1.54) is 4.90 Å². The summed E-state index contributed by atoms with van der Waals surface area (Å²) in [6.45, 7) is 3.81. The van der Waals surface area contributed by atoms with Crippen molar-refractivity contribution in [3.05, 3.63) is 29.8 Å². The molecule has 2 amide bonds. The van der Waals surface area contributed by atoms with Crippen LogP contribution in [0.5, 0.6) is 5.75 Å². The van der Waals surface area contributed by atoms with E-state index in [1.807, 2.05) is 18.2 Å². The summed E-state index contributed by atoms with van der Waals surface area (Å²) in [6, 6.07) is 8.21. The fourth-order valence-corrected chi connectivity index (χ4v) is 3.36. The Kier molecular flexibility index (Phi) is 6.60. The average molecular weight is 354 g/mol. The number of piperazine rings is 1. The topological polar surface area (TPSA) is 61.9 Å². The van der Waals surface area contributed by atoms with Crippen molar-refractivity contribution in [1.29, 1.82) is 0 Å². The maximum atomic E-state index is 11.8. The minimum absolute atomic E-state index is 0. The first-order valence-corrected chi connectivity index (χ1v) is 8.11. The van der Waals surface area contributed by atoms with E-state index in [0.29, 0.717) is 25.9 Å². The summed E-state index contributed by atoms with van der Waals surface area (Å²) in [6.07, 6.45) is 0.715. The van der Waals surface area contributed by atoms with Gasteiger partial charge < -0.3 is 10.1 Å². The van der Waals surface area contributed by atoms with Crippen molar-refractivity contribution in [2.24, 2.45) is 0 Å². The van der Waals surface area contributed by atoms with Gasteiger partial charge in [-0.25, -0.2) is 0 Å². The minimum atomic E-state index is -0.0426. The van der Waals surface area contributed by atoms with Gasteiger partial charge in [-0.2, -0.15) is 0 Å². The Balaban J connectivity index is 0.00000208. The van der Waals surface area contributed by atoms with Crippen LogP contribution in [0.15, 0.2) is 24.3 Å². The minimum Gasteiger partial charge on any atom is -0.496 e. The number of likely N-dealkylation sites (tertiary alicyclic amines) is 1. The standard InChI is InChI=1S/C17H23N3O3.ClH/c1-23-15-5-3-2-4-13(15)14-12-18-8-9-19(14)10-11-20-16(21)6-7-17(20)22;/h2-5,14,18H,6-12H2,1H3;1H. The molecule has 0 bridgehead atoms. The summed E-state index contributed by atoms with van der Waals surface area (Å²) < 4.78 is 5.49. The number of carbonyl (C=O) groups excluding carboxylic acids is 2. The number of amides is 2. The SMILES string of the molecule is COc1ccccc1C1CNCCN1CCN1C(=O)CCC1=O.Cl. The molecule has 2 saturated heterocycles. The van der Waals surface area contributed by atoms with Crippen molar-refractivity contribution in [2.45, 2.75) is 18.9 Å². The van der Waals surface area contributed by atoms with Gasteiger partial charge in [0.25, 0.3) is 0 Å². The Morgan fingerprint density at radius 3 is 2.58 bits per heavy atom. The van der Waals surface area contributed by atoms with Crippen LogP contribution in [-0.4, -0.2) is 61.4 Å². The molecule has 0 radical (unpaired) electrons. The second-order valence-corrected chi connectivity index (χ2v) is 5.94. The van der Waals surface area contributed by atoms with Crippen molar-refractivity contribution in [3.63, 3.8) is 0 Å². The molecule has 2 aliphatic rings. The first-order chi connectivity index (χ1) is 11.2. The van der Waals surface area contributed by atoms with Gasteiger partial charge in [-0.05, 0) is 6.07 Å². The molecule has 1 N–H and O–H groups in total. The predicted octanol–water partition coefficient (Wildman–Crippen LogP) is 1.21. The molecule has 0 saturated carbocycles. The number of carbonyl (C=O) groups is 2. The second-order valence-electron chi connectivity index (χ2n) is 5.94. The quantitative estimate of drug-likeness (QED) is 0.806. The molecule has 0 aliphatic carbocycles. The van der Waals surface area contributed by atoms with Crippen LogP contribution in [-0.2, 0) is 9.59 Å². The van der Waals surface area contributed by atoms with Crippen LogP contribution < -0.4 is 10.1 Å². The molecule has 6 nitrogen and oxygen atoms in total. The van der Waals surface area contributed by atoms with E-state index in [4.69, 9.17) is 4.74 Å². The van der Waals surface area contributed by atoms with Gasteiger partial charge in [0.05, 0.1) is 13.2 Å². The van der Waals surface area contributed by atoms with Gasteiger partial charge in [0.15, 0.2) is 0 Å². The smallest absolute Gasteiger partial charge is 0.229 e. The van der Waals surface area contributed by atoms with E-state index >= 15 is 0 Å². The molecule has 2 aliphatic heterocycles. The first-order valence-electron chi connectivity index (χ1n) is 8.11. The highest BCUT2D eigenvalue weighted by Crippen LogP contribution is 2.30. The monoisotopic (exact) mass is 353 g/mol. The fraction of sp³-hybridized carbons (Fsp3) is 0.529. The van der Waals surface area contributed by atoms with Gasteiger partial charge in [0, 0.05) is 51.1 Å². The summed E-state index contributed by atoms with van der Waals surface area (Å²) in [7, 11) is 1.68. The van der Waals surface area contributed by atoms with Gasteiger partial charge >= 0.3 is 0 Å². The van der Waals surface area contributed by atoms with Crippen molar-refractivity contribution < 1.29 is 14.3 Å². The number of benzene rings is 1. The van der Waals surface area contributed by atoms with E-state index in [0.717, 1.165) is 30.9 Å². The van der Waals surface area contributed by atoms with Crippen molar-refractivity contribution in [3.8, 4) is 5.75 Å². The Labute approximate surface area is 148 Å². The number of ether oxygens (including phenoxy) is 1. The second kappa shape index (κ2) is 8.46. The normalized spacial score (nSPS) is 21.7. The Morgan fingerprint density at radius 2 is 1.88 bits per heavy atom. The zero-order valence-corrected chi connectivity index (χ0v) is 14.7. The summed E-state index contributed by atoms with van der Waals surface area (Å²) in [5.41, 5.74) is 1.14. The summed E-state index contributed by atoms with van der Waals surface area (Å²) in [5, 5.41) is 3.42. The lowest BCUT2D eigenvalue weighted by Gasteiger charge is -2.37. The number of halogens is 1. The Bertz CT molecular complexity index is 580. The van der Waals surface area contributed by atoms with Crippen LogP contribution in [0.25, 0.3) is 0 Å². The van der Waals surface area contributed by atoms with Crippen molar-refractivity contribution in [2.75, 3.05) is 39.8 Å². The molecular formula is C17H24ClN3O3. The molecule has 1 unspecified atom stereocenters.